The van der Waals surface area contributed by atoms with Gasteiger partial charge < -0.3 is 4.90 Å². The van der Waals surface area contributed by atoms with E-state index in [1.54, 1.807) is 6.20 Å². The van der Waals surface area contributed by atoms with Crippen LogP contribution in [0.2, 0.25) is 0 Å². The highest BCUT2D eigenvalue weighted by Gasteiger charge is 2.10. The molecule has 2 heteroatoms. The van der Waals surface area contributed by atoms with Crippen molar-refractivity contribution in [3.63, 3.8) is 0 Å². The van der Waals surface area contributed by atoms with Crippen LogP contribution < -0.4 is 0 Å². The zero-order valence-corrected chi connectivity index (χ0v) is 6.99. The van der Waals surface area contributed by atoms with Crippen LogP contribution in [0, 0.1) is 0 Å². The Hall–Kier alpha value is -1.57. The minimum absolute atomic E-state index is 1.00. The Morgan fingerprint density at radius 1 is 1.50 bits per heavy atom. The van der Waals surface area contributed by atoms with Crippen molar-refractivity contribution < 1.29 is 0 Å². The first-order chi connectivity index (χ1) is 5.79. The number of hydrogen-bond donors (Lipinski definition) is 0. The number of rotatable bonds is 0. The van der Waals surface area contributed by atoms with Crippen LogP contribution >= 0.6 is 0 Å². The smallest absolute Gasteiger partial charge is 0.0425 e. The van der Waals surface area contributed by atoms with Crippen molar-refractivity contribution in [1.29, 1.82) is 0 Å². The minimum Gasteiger partial charge on any atom is -0.351 e. The number of nitrogens with zero attached hydrogens (tertiary/aromatic N) is 2. The van der Waals surface area contributed by atoms with Gasteiger partial charge in [0.1, 0.15) is 0 Å². The van der Waals surface area contributed by atoms with Gasteiger partial charge in [-0.05, 0) is 17.7 Å². The summed E-state index contributed by atoms with van der Waals surface area (Å²) >= 11 is 0. The third-order valence-corrected chi connectivity index (χ3v) is 2.07. The molecule has 0 atom stereocenters. The molecule has 1 aromatic heterocycles. The monoisotopic (exact) mass is 158 g/mol. The van der Waals surface area contributed by atoms with Crippen LogP contribution in [0.25, 0.3) is 11.8 Å². The predicted molar refractivity (Wildman–Crippen MR) is 50.1 cm³/mol. The Morgan fingerprint density at radius 3 is 3.17 bits per heavy atom. The first kappa shape index (κ1) is 7.10. The second-order valence-corrected chi connectivity index (χ2v) is 2.84. The van der Waals surface area contributed by atoms with Crippen LogP contribution in [0.5, 0.6) is 0 Å². The molecule has 60 valence electrons. The second kappa shape index (κ2) is 2.48. The average Bonchev–Trinajstić information content (AvgIpc) is 2.12. The molecule has 0 aliphatic carbocycles. The zero-order valence-electron chi connectivity index (χ0n) is 6.99. The fourth-order valence-corrected chi connectivity index (χ4v) is 1.26. The number of fused-ring (bicyclic) bond motifs is 1. The SMILES string of the molecule is C=C1c2cnccc2C=CN1C. The maximum atomic E-state index is 4.06. The lowest BCUT2D eigenvalue weighted by atomic mass is 10.1. The summed E-state index contributed by atoms with van der Waals surface area (Å²) in [6.07, 6.45) is 7.70. The maximum Gasteiger partial charge on any atom is 0.0425 e. The average molecular weight is 158 g/mol. The maximum absolute atomic E-state index is 4.06. The fourth-order valence-electron chi connectivity index (χ4n) is 1.26. The molecule has 0 amide bonds. The minimum atomic E-state index is 1.00. The molecule has 0 fully saturated rings. The highest BCUT2D eigenvalue weighted by molar-refractivity contribution is 5.75. The van der Waals surface area contributed by atoms with Crippen molar-refractivity contribution in [2.45, 2.75) is 0 Å². The molecule has 0 N–H and O–H groups in total. The summed E-state index contributed by atoms with van der Waals surface area (Å²) in [5.74, 6) is 0. The van der Waals surface area contributed by atoms with Crippen LogP contribution in [0.4, 0.5) is 0 Å². The summed E-state index contributed by atoms with van der Waals surface area (Å²) in [7, 11) is 1.98. The van der Waals surface area contributed by atoms with E-state index >= 15 is 0 Å². The topological polar surface area (TPSA) is 16.1 Å². The van der Waals surface area contributed by atoms with Gasteiger partial charge in [-0.25, -0.2) is 0 Å². The van der Waals surface area contributed by atoms with E-state index in [0.29, 0.717) is 0 Å². The van der Waals surface area contributed by atoms with Crippen molar-refractivity contribution in [2.75, 3.05) is 7.05 Å². The molecule has 1 aliphatic rings. The number of aromatic nitrogens is 1. The van der Waals surface area contributed by atoms with Crippen molar-refractivity contribution in [1.82, 2.24) is 9.88 Å². The molecule has 0 saturated heterocycles. The second-order valence-electron chi connectivity index (χ2n) is 2.84. The van der Waals surface area contributed by atoms with E-state index in [1.165, 1.54) is 5.56 Å². The van der Waals surface area contributed by atoms with Crippen LogP contribution in [-0.2, 0) is 0 Å². The van der Waals surface area contributed by atoms with Crippen molar-refractivity contribution in [3.05, 3.63) is 42.4 Å². The summed E-state index contributed by atoms with van der Waals surface area (Å²) in [4.78, 5) is 6.05. The lowest BCUT2D eigenvalue weighted by molar-refractivity contribution is 0.655. The van der Waals surface area contributed by atoms with E-state index in [4.69, 9.17) is 0 Å². The standard InChI is InChI=1S/C10H10N2/c1-8-10-7-11-5-3-9(10)4-6-12(8)2/h3-7H,1H2,2H3. The first-order valence-corrected chi connectivity index (χ1v) is 3.83. The summed E-state index contributed by atoms with van der Waals surface area (Å²) in [6, 6.07) is 1.99. The molecular formula is C10H10N2. The normalized spacial score (nSPS) is 14.8. The summed E-state index contributed by atoms with van der Waals surface area (Å²) in [6.45, 7) is 3.97. The molecule has 0 aromatic carbocycles. The third-order valence-electron chi connectivity index (χ3n) is 2.07. The van der Waals surface area contributed by atoms with Gasteiger partial charge in [-0.15, -0.1) is 0 Å². The van der Waals surface area contributed by atoms with E-state index < -0.39 is 0 Å². The molecule has 12 heavy (non-hydrogen) atoms. The molecule has 2 heterocycles. The van der Waals surface area contributed by atoms with Gasteiger partial charge in [0.25, 0.3) is 0 Å². The van der Waals surface area contributed by atoms with E-state index in [1.807, 2.05) is 30.4 Å². The molecule has 0 bridgehead atoms. The fraction of sp³-hybridized carbons (Fsp3) is 0.100. The lowest BCUT2D eigenvalue weighted by Crippen LogP contribution is -2.12. The van der Waals surface area contributed by atoms with Crippen LogP contribution in [0.1, 0.15) is 11.1 Å². The van der Waals surface area contributed by atoms with Gasteiger partial charge in [-0.3, -0.25) is 4.98 Å². The van der Waals surface area contributed by atoms with E-state index in [2.05, 4.69) is 17.6 Å². The molecule has 0 spiro atoms. The van der Waals surface area contributed by atoms with Crippen molar-refractivity contribution in [3.8, 4) is 0 Å². The molecule has 0 unspecified atom stereocenters. The number of pyridine rings is 1. The Balaban J connectivity index is 2.59. The molecular weight excluding hydrogens is 148 g/mol. The zero-order chi connectivity index (χ0) is 8.55. The van der Waals surface area contributed by atoms with Gasteiger partial charge in [0.05, 0.1) is 0 Å². The van der Waals surface area contributed by atoms with Gasteiger partial charge in [0, 0.05) is 36.9 Å². The highest BCUT2D eigenvalue weighted by Crippen LogP contribution is 2.24. The van der Waals surface area contributed by atoms with Crippen molar-refractivity contribution in [2.24, 2.45) is 0 Å². The van der Waals surface area contributed by atoms with E-state index in [0.717, 1.165) is 11.3 Å². The Morgan fingerprint density at radius 2 is 2.33 bits per heavy atom. The summed E-state index contributed by atoms with van der Waals surface area (Å²) < 4.78 is 0. The predicted octanol–water partition coefficient (Wildman–Crippen LogP) is 1.97. The van der Waals surface area contributed by atoms with Gasteiger partial charge in [0.2, 0.25) is 0 Å². The van der Waals surface area contributed by atoms with Gasteiger partial charge in [0.15, 0.2) is 0 Å². The Kier molecular flexibility index (Phi) is 1.47. The summed E-state index contributed by atoms with van der Waals surface area (Å²) in [5, 5.41) is 0. The van der Waals surface area contributed by atoms with E-state index in [-0.39, 0.29) is 0 Å². The van der Waals surface area contributed by atoms with Gasteiger partial charge in [-0.2, -0.15) is 0 Å². The summed E-state index contributed by atoms with van der Waals surface area (Å²) in [5.41, 5.74) is 3.30. The first-order valence-electron chi connectivity index (χ1n) is 3.83. The van der Waals surface area contributed by atoms with Crippen LogP contribution in [-0.4, -0.2) is 16.9 Å². The number of hydrogen-bond acceptors (Lipinski definition) is 2. The Labute approximate surface area is 71.9 Å². The molecule has 0 saturated carbocycles. The molecule has 2 nitrogen and oxygen atoms in total. The van der Waals surface area contributed by atoms with Crippen molar-refractivity contribution >= 4 is 11.8 Å². The van der Waals surface area contributed by atoms with Crippen LogP contribution in [0.15, 0.2) is 31.2 Å². The van der Waals surface area contributed by atoms with Gasteiger partial charge >= 0.3 is 0 Å². The molecule has 0 radical (unpaired) electrons. The molecule has 2 rings (SSSR count). The van der Waals surface area contributed by atoms with Gasteiger partial charge in [-0.1, -0.05) is 6.58 Å². The third kappa shape index (κ3) is 0.925. The van der Waals surface area contributed by atoms with Crippen LogP contribution in [0.3, 0.4) is 0 Å². The molecule has 1 aliphatic heterocycles. The molecule has 1 aromatic rings. The largest absolute Gasteiger partial charge is 0.351 e. The lowest BCUT2D eigenvalue weighted by Gasteiger charge is -2.22. The highest BCUT2D eigenvalue weighted by atomic mass is 15.1. The van der Waals surface area contributed by atoms with E-state index in [9.17, 15) is 0 Å². The Bertz CT molecular complexity index is 353. The quantitative estimate of drug-likeness (QED) is 0.573.